The molecule has 0 amide bonds. The van der Waals surface area contributed by atoms with Crippen LogP contribution >= 0.6 is 0 Å². The van der Waals surface area contributed by atoms with Crippen molar-refractivity contribution in [3.63, 3.8) is 0 Å². The van der Waals surface area contributed by atoms with Crippen molar-refractivity contribution < 1.29 is 9.53 Å². The van der Waals surface area contributed by atoms with Crippen LogP contribution in [0.3, 0.4) is 0 Å². The number of hydrogen-bond donors (Lipinski definition) is 0. The van der Waals surface area contributed by atoms with E-state index < -0.39 is 0 Å². The van der Waals surface area contributed by atoms with E-state index in [1.165, 1.54) is 6.33 Å². The monoisotopic (exact) mass is 168 g/mol. The normalized spacial score (nSPS) is 7.75. The van der Waals surface area contributed by atoms with E-state index in [0.29, 0.717) is 13.1 Å². The molecule has 0 saturated heterocycles. The molecule has 0 bridgehead atoms. The maximum absolute atomic E-state index is 9.34. The Bertz CT molecular complexity index is 153. The molecule has 12 heavy (non-hydrogen) atoms. The highest BCUT2D eigenvalue weighted by Crippen LogP contribution is 1.71. The van der Waals surface area contributed by atoms with E-state index in [1.54, 1.807) is 18.5 Å². The van der Waals surface area contributed by atoms with E-state index in [-0.39, 0.29) is 0 Å². The summed E-state index contributed by atoms with van der Waals surface area (Å²) in [5.74, 6) is 0. The SMILES string of the molecule is CCCOC=O.c1cncnc1. The largest absolute Gasteiger partial charge is 0.468 e. The molecule has 66 valence electrons. The zero-order valence-electron chi connectivity index (χ0n) is 7.01. The third-order valence-electron chi connectivity index (χ3n) is 0.868. The average molecular weight is 168 g/mol. The Morgan fingerprint density at radius 2 is 2.08 bits per heavy atom. The van der Waals surface area contributed by atoms with Crippen molar-refractivity contribution in [1.82, 2.24) is 9.97 Å². The Morgan fingerprint density at radius 1 is 1.42 bits per heavy atom. The first-order valence-electron chi connectivity index (χ1n) is 3.67. The van der Waals surface area contributed by atoms with Crippen LogP contribution in [0.1, 0.15) is 13.3 Å². The number of rotatable bonds is 3. The van der Waals surface area contributed by atoms with Gasteiger partial charge in [-0.1, -0.05) is 6.92 Å². The molecular weight excluding hydrogens is 156 g/mol. The predicted molar refractivity (Wildman–Crippen MR) is 44.3 cm³/mol. The lowest BCUT2D eigenvalue weighted by Crippen LogP contribution is -1.86. The fourth-order valence-electron chi connectivity index (χ4n) is 0.419. The summed E-state index contributed by atoms with van der Waals surface area (Å²) in [6.07, 6.45) is 5.78. The van der Waals surface area contributed by atoms with Gasteiger partial charge in [-0.15, -0.1) is 0 Å². The molecule has 0 fully saturated rings. The van der Waals surface area contributed by atoms with E-state index in [0.717, 1.165) is 6.42 Å². The molecule has 0 aliphatic carbocycles. The van der Waals surface area contributed by atoms with Gasteiger partial charge in [-0.05, 0) is 12.5 Å². The summed E-state index contributed by atoms with van der Waals surface area (Å²) in [6, 6.07) is 1.78. The van der Waals surface area contributed by atoms with Gasteiger partial charge in [0.2, 0.25) is 0 Å². The Hall–Kier alpha value is -1.45. The number of nitrogens with zero attached hydrogens (tertiary/aromatic N) is 2. The molecule has 1 rings (SSSR count). The number of aromatic nitrogens is 2. The van der Waals surface area contributed by atoms with Crippen LogP contribution in [0, 0.1) is 0 Å². The van der Waals surface area contributed by atoms with Gasteiger partial charge < -0.3 is 4.74 Å². The first kappa shape index (κ1) is 10.6. The standard InChI is InChI=1S/C4H4N2.C4H8O2/c1-2-5-4-6-3-1;1-2-3-6-4-5/h1-4H;4H,2-3H2,1H3. The molecule has 0 aliphatic heterocycles. The minimum atomic E-state index is 0.462. The Labute approximate surface area is 71.6 Å². The summed E-state index contributed by atoms with van der Waals surface area (Å²) in [4.78, 5) is 16.7. The summed E-state index contributed by atoms with van der Waals surface area (Å²) in [5.41, 5.74) is 0. The van der Waals surface area contributed by atoms with Crippen LogP contribution in [0.4, 0.5) is 0 Å². The van der Waals surface area contributed by atoms with Gasteiger partial charge in [-0.25, -0.2) is 9.97 Å². The van der Waals surface area contributed by atoms with Crippen LogP contribution < -0.4 is 0 Å². The Morgan fingerprint density at radius 3 is 2.25 bits per heavy atom. The molecule has 0 N–H and O–H groups in total. The van der Waals surface area contributed by atoms with Crippen LogP contribution in [0.2, 0.25) is 0 Å². The minimum absolute atomic E-state index is 0.462. The summed E-state index contributed by atoms with van der Waals surface area (Å²) < 4.78 is 4.30. The molecule has 0 radical (unpaired) electrons. The van der Waals surface area contributed by atoms with Crippen LogP contribution in [0.15, 0.2) is 24.8 Å². The van der Waals surface area contributed by atoms with Gasteiger partial charge in [-0.2, -0.15) is 0 Å². The lowest BCUT2D eigenvalue weighted by atomic mass is 10.5. The molecule has 1 aromatic rings. The zero-order chi connectivity index (χ0) is 9.07. The van der Waals surface area contributed by atoms with Crippen LogP contribution in [-0.4, -0.2) is 23.0 Å². The van der Waals surface area contributed by atoms with Crippen molar-refractivity contribution in [2.75, 3.05) is 6.61 Å². The van der Waals surface area contributed by atoms with Crippen molar-refractivity contribution in [2.45, 2.75) is 13.3 Å². The fourth-order valence-corrected chi connectivity index (χ4v) is 0.419. The van der Waals surface area contributed by atoms with Crippen LogP contribution in [0.25, 0.3) is 0 Å². The summed E-state index contributed by atoms with van der Waals surface area (Å²) >= 11 is 0. The van der Waals surface area contributed by atoms with E-state index in [1.807, 2.05) is 6.92 Å². The van der Waals surface area contributed by atoms with Crippen LogP contribution in [-0.2, 0) is 9.53 Å². The van der Waals surface area contributed by atoms with Crippen molar-refractivity contribution in [2.24, 2.45) is 0 Å². The second kappa shape index (κ2) is 9.55. The quantitative estimate of drug-likeness (QED) is 0.500. The molecule has 1 aromatic heterocycles. The third kappa shape index (κ3) is 8.55. The molecule has 0 atom stereocenters. The number of carbonyl (C=O) groups excluding carboxylic acids is 1. The molecule has 0 spiro atoms. The first-order valence-corrected chi connectivity index (χ1v) is 3.67. The van der Waals surface area contributed by atoms with Crippen molar-refractivity contribution in [1.29, 1.82) is 0 Å². The number of ether oxygens (including phenoxy) is 1. The van der Waals surface area contributed by atoms with Crippen molar-refractivity contribution in [3.8, 4) is 0 Å². The van der Waals surface area contributed by atoms with E-state index in [4.69, 9.17) is 0 Å². The number of hydrogen-bond acceptors (Lipinski definition) is 4. The highest BCUT2D eigenvalue weighted by atomic mass is 16.5. The maximum Gasteiger partial charge on any atom is 0.293 e. The van der Waals surface area contributed by atoms with Gasteiger partial charge in [0.05, 0.1) is 6.61 Å². The first-order chi connectivity index (χ1) is 5.91. The lowest BCUT2D eigenvalue weighted by molar-refractivity contribution is -0.128. The average Bonchev–Trinajstić information content (AvgIpc) is 2.18. The number of carbonyl (C=O) groups is 1. The van der Waals surface area contributed by atoms with Gasteiger partial charge in [0, 0.05) is 12.4 Å². The highest BCUT2D eigenvalue weighted by molar-refractivity contribution is 5.36. The Balaban J connectivity index is 0.000000202. The molecule has 0 aliphatic rings. The topological polar surface area (TPSA) is 52.1 Å². The second-order valence-corrected chi connectivity index (χ2v) is 1.87. The van der Waals surface area contributed by atoms with Gasteiger partial charge in [0.1, 0.15) is 6.33 Å². The fraction of sp³-hybridized carbons (Fsp3) is 0.375. The van der Waals surface area contributed by atoms with E-state index in [9.17, 15) is 4.79 Å². The smallest absolute Gasteiger partial charge is 0.293 e. The molecule has 0 aromatic carbocycles. The van der Waals surface area contributed by atoms with Gasteiger partial charge in [0.15, 0.2) is 0 Å². The van der Waals surface area contributed by atoms with Gasteiger partial charge in [-0.3, -0.25) is 4.79 Å². The zero-order valence-corrected chi connectivity index (χ0v) is 7.01. The maximum atomic E-state index is 9.34. The predicted octanol–water partition coefficient (Wildman–Crippen LogP) is 1.05. The molecule has 0 saturated carbocycles. The lowest BCUT2D eigenvalue weighted by Gasteiger charge is -1.86. The van der Waals surface area contributed by atoms with Crippen molar-refractivity contribution in [3.05, 3.63) is 24.8 Å². The molecule has 1 heterocycles. The summed E-state index contributed by atoms with van der Waals surface area (Å²) in [6.45, 7) is 2.95. The third-order valence-corrected chi connectivity index (χ3v) is 0.868. The minimum Gasteiger partial charge on any atom is -0.468 e. The van der Waals surface area contributed by atoms with E-state index >= 15 is 0 Å². The molecule has 4 nitrogen and oxygen atoms in total. The summed E-state index contributed by atoms with van der Waals surface area (Å²) in [5, 5.41) is 0. The molecule has 0 unspecified atom stereocenters. The summed E-state index contributed by atoms with van der Waals surface area (Å²) in [7, 11) is 0. The van der Waals surface area contributed by atoms with Gasteiger partial charge >= 0.3 is 0 Å². The molecule has 4 heteroatoms. The van der Waals surface area contributed by atoms with Gasteiger partial charge in [0.25, 0.3) is 6.47 Å². The van der Waals surface area contributed by atoms with E-state index in [2.05, 4.69) is 14.7 Å². The van der Waals surface area contributed by atoms with Crippen molar-refractivity contribution >= 4 is 6.47 Å². The second-order valence-electron chi connectivity index (χ2n) is 1.87. The molecular formula is C8H12N2O2. The Kier molecular flexibility index (Phi) is 8.40. The van der Waals surface area contributed by atoms with Crippen LogP contribution in [0.5, 0.6) is 0 Å². The highest BCUT2D eigenvalue weighted by Gasteiger charge is 1.71.